The van der Waals surface area contributed by atoms with E-state index in [1.54, 1.807) is 27.2 Å². The molecule has 0 saturated heterocycles. The van der Waals surface area contributed by atoms with Crippen molar-refractivity contribution in [2.75, 3.05) is 28.4 Å². The van der Waals surface area contributed by atoms with Crippen LogP contribution in [0.25, 0.3) is 22.3 Å². The van der Waals surface area contributed by atoms with Crippen LogP contribution in [-0.2, 0) is 85.7 Å². The summed E-state index contributed by atoms with van der Waals surface area (Å²) in [5, 5.41) is 0. The van der Waals surface area contributed by atoms with Gasteiger partial charge in [-0.25, -0.2) is 22.3 Å². The molecule has 0 heterocycles. The molecule has 0 aliphatic heterocycles. The topological polar surface area (TPSA) is 146 Å². The number of hydrogen-bond donors (Lipinski definition) is 2. The maximum absolute atomic E-state index is 11.7. The summed E-state index contributed by atoms with van der Waals surface area (Å²) >= 11 is 0. The standard InChI is InChI=1S/C16H16O8S2.C16H16O2.2Y/c1-9-5-11(7-14(10(9)2)25(17,18)19)12-6-13(23-3)16(24-4)15(8-12)26(20,21)22;1-11-5-6-13(9-12(11)2)14-7-8-15(17-3)16(10-14)18-4;;/h5-6H,1-4H3,(H,17,18,19)(H,20,21,22);5,8-10H,1-4H3;;/q2*-2;;. The van der Waals surface area contributed by atoms with Crippen molar-refractivity contribution in [2.24, 2.45) is 0 Å². The molecule has 0 saturated carbocycles. The minimum absolute atomic E-state index is 0. The van der Waals surface area contributed by atoms with Crippen molar-refractivity contribution in [1.29, 1.82) is 0 Å². The molecule has 0 bridgehead atoms. The van der Waals surface area contributed by atoms with Crippen LogP contribution < -0.4 is 18.9 Å². The van der Waals surface area contributed by atoms with E-state index in [1.165, 1.54) is 44.4 Å². The average Bonchev–Trinajstić information content (AvgIpc) is 2.97. The normalized spacial score (nSPS) is 10.8. The van der Waals surface area contributed by atoms with Crippen LogP contribution in [0.4, 0.5) is 0 Å². The van der Waals surface area contributed by atoms with Gasteiger partial charge in [0.15, 0.2) is 0 Å². The summed E-state index contributed by atoms with van der Waals surface area (Å²) in [5.41, 5.74) is 5.46. The van der Waals surface area contributed by atoms with E-state index in [4.69, 9.17) is 18.9 Å². The van der Waals surface area contributed by atoms with E-state index in [9.17, 15) is 25.9 Å². The Morgan fingerprint density at radius 3 is 1.50 bits per heavy atom. The predicted molar refractivity (Wildman–Crippen MR) is 164 cm³/mol. The van der Waals surface area contributed by atoms with Crippen molar-refractivity contribution in [1.82, 2.24) is 0 Å². The van der Waals surface area contributed by atoms with Gasteiger partial charge in [0.25, 0.3) is 20.2 Å². The van der Waals surface area contributed by atoms with Gasteiger partial charge in [-0.05, 0) is 0 Å². The van der Waals surface area contributed by atoms with Crippen LogP contribution in [0.15, 0.2) is 46.2 Å². The van der Waals surface area contributed by atoms with Gasteiger partial charge in [-0.15, -0.1) is 40.5 Å². The molecule has 4 rings (SSSR count). The fraction of sp³-hybridized carbons (Fsp3) is 0.250. The zero-order valence-electron chi connectivity index (χ0n) is 26.6. The number of ether oxygens (including phenoxy) is 4. The SMILES string of the molecule is COc1c[c-]c(-c2[c-]cc(C)c(C)c2)cc1OC.COc1cc(-c2[c-]c(S(=O)(=O)O)c(C)c(C)c2)[c-]c(S(=O)(=O)O)c1OC.[Y].[Y]. The molecule has 14 heteroatoms. The molecule has 0 atom stereocenters. The molecule has 4 aromatic carbocycles. The minimum Gasteiger partial charge on any atom is -0.536 e. The van der Waals surface area contributed by atoms with Gasteiger partial charge in [0.1, 0.15) is 0 Å². The Balaban J connectivity index is 0.000000467. The molecule has 2 radical (unpaired) electrons. The molecule has 2 N–H and O–H groups in total. The number of hydrogen-bond acceptors (Lipinski definition) is 8. The van der Waals surface area contributed by atoms with Gasteiger partial charge >= 0.3 is 0 Å². The summed E-state index contributed by atoms with van der Waals surface area (Å²) in [7, 11) is -3.54. The molecule has 0 spiro atoms. The van der Waals surface area contributed by atoms with E-state index in [-0.39, 0.29) is 88.0 Å². The Labute approximate surface area is 321 Å². The summed E-state index contributed by atoms with van der Waals surface area (Å²) in [6.45, 7) is 7.29. The van der Waals surface area contributed by atoms with Gasteiger partial charge < -0.3 is 18.9 Å². The van der Waals surface area contributed by atoms with Crippen molar-refractivity contribution in [3.8, 4) is 45.3 Å². The molecule has 0 fully saturated rings. The van der Waals surface area contributed by atoms with Crippen LogP contribution in [0.1, 0.15) is 22.3 Å². The molecule has 0 aliphatic carbocycles. The second-order valence-electron chi connectivity index (χ2n) is 9.58. The van der Waals surface area contributed by atoms with Gasteiger partial charge in [-0.3, -0.25) is 9.11 Å². The van der Waals surface area contributed by atoms with Crippen molar-refractivity contribution in [3.05, 3.63) is 82.9 Å². The first-order valence-corrected chi connectivity index (χ1v) is 15.7. The number of methoxy groups -OCH3 is 4. The first kappa shape index (κ1) is 42.1. The zero-order valence-corrected chi connectivity index (χ0v) is 33.9. The zero-order chi connectivity index (χ0) is 33.0. The molecular weight excluding hydrogens is 786 g/mol. The Hall–Kier alpha value is -1.89. The van der Waals surface area contributed by atoms with Gasteiger partial charge in [0, 0.05) is 75.2 Å². The molecule has 10 nitrogen and oxygen atoms in total. The van der Waals surface area contributed by atoms with E-state index in [1.807, 2.05) is 12.1 Å². The first-order chi connectivity index (χ1) is 20.5. The fourth-order valence-corrected chi connectivity index (χ4v) is 5.56. The molecule has 242 valence electrons. The van der Waals surface area contributed by atoms with Crippen molar-refractivity contribution >= 4 is 20.2 Å². The second-order valence-corrected chi connectivity index (χ2v) is 12.3. The maximum atomic E-state index is 11.7. The second kappa shape index (κ2) is 17.5. The fourth-order valence-electron chi connectivity index (χ4n) is 4.11. The van der Waals surface area contributed by atoms with Crippen molar-refractivity contribution < 1.29 is 110 Å². The quantitative estimate of drug-likeness (QED) is 0.169. The molecule has 0 amide bonds. The summed E-state index contributed by atoms with van der Waals surface area (Å²) in [4.78, 5) is -1.11. The summed E-state index contributed by atoms with van der Waals surface area (Å²) in [6, 6.07) is 22.1. The number of rotatable bonds is 8. The molecule has 46 heavy (non-hydrogen) atoms. The third-order valence-corrected chi connectivity index (χ3v) is 8.49. The van der Waals surface area contributed by atoms with E-state index < -0.39 is 30.0 Å². The van der Waals surface area contributed by atoms with Crippen LogP contribution >= 0.6 is 0 Å². The van der Waals surface area contributed by atoms with E-state index >= 15 is 0 Å². The Kier molecular flexibility index (Phi) is 16.0. The molecular formula is C32H32O10S2Y2-4. The third kappa shape index (κ3) is 10.1. The number of aryl methyl sites for hydroxylation is 3. The first-order valence-electron chi connectivity index (χ1n) is 12.9. The summed E-state index contributed by atoms with van der Waals surface area (Å²) in [6.07, 6.45) is 0. The molecule has 0 unspecified atom stereocenters. The van der Waals surface area contributed by atoms with Crippen molar-refractivity contribution in [2.45, 2.75) is 37.5 Å². The Bertz CT molecular complexity index is 1910. The van der Waals surface area contributed by atoms with Crippen LogP contribution in [0.5, 0.6) is 23.0 Å². The molecule has 0 aromatic heterocycles. The van der Waals surface area contributed by atoms with E-state index in [0.717, 1.165) is 11.1 Å². The van der Waals surface area contributed by atoms with Crippen molar-refractivity contribution in [3.63, 3.8) is 0 Å². The minimum atomic E-state index is -4.71. The largest absolute Gasteiger partial charge is 0.536 e. The Morgan fingerprint density at radius 1 is 0.543 bits per heavy atom. The summed E-state index contributed by atoms with van der Waals surface area (Å²) < 4.78 is 85.8. The van der Waals surface area contributed by atoms with E-state index in [2.05, 4.69) is 44.2 Å². The van der Waals surface area contributed by atoms with Gasteiger partial charge in [0.05, 0.1) is 51.4 Å². The van der Waals surface area contributed by atoms with Crippen LogP contribution in [-0.4, -0.2) is 54.4 Å². The number of benzene rings is 4. The van der Waals surface area contributed by atoms with Crippen LogP contribution in [0.2, 0.25) is 0 Å². The third-order valence-electron chi connectivity index (χ3n) is 6.76. The molecule has 0 aliphatic rings. The van der Waals surface area contributed by atoms with Gasteiger partial charge in [-0.1, -0.05) is 27.7 Å². The Morgan fingerprint density at radius 2 is 1.00 bits per heavy atom. The summed E-state index contributed by atoms with van der Waals surface area (Å²) in [5.74, 6) is 1.12. The van der Waals surface area contributed by atoms with Crippen LogP contribution in [0, 0.1) is 52.0 Å². The van der Waals surface area contributed by atoms with E-state index in [0.29, 0.717) is 22.6 Å². The predicted octanol–water partition coefficient (Wildman–Crippen LogP) is 5.66. The molecule has 4 aromatic rings. The van der Waals surface area contributed by atoms with Gasteiger partial charge in [0.2, 0.25) is 0 Å². The average molecular weight is 819 g/mol. The maximum Gasteiger partial charge on any atom is 0.279 e. The monoisotopic (exact) mass is 818 g/mol. The van der Waals surface area contributed by atoms with Gasteiger partial charge in [-0.2, -0.15) is 59.3 Å². The smallest absolute Gasteiger partial charge is 0.279 e. The van der Waals surface area contributed by atoms with Crippen LogP contribution in [0.3, 0.4) is 0 Å².